The molecule has 2 aromatic rings. The Morgan fingerprint density at radius 1 is 1.00 bits per heavy atom. The molecule has 0 unspecified atom stereocenters. The Hall–Kier alpha value is -3.02. The molecular formula is C25H30N2O4. The van der Waals surface area contributed by atoms with Gasteiger partial charge in [0, 0.05) is 30.6 Å². The molecule has 0 saturated carbocycles. The molecule has 164 valence electrons. The van der Waals surface area contributed by atoms with Gasteiger partial charge in [-0.25, -0.2) is 4.79 Å². The lowest BCUT2D eigenvalue weighted by Crippen LogP contribution is -2.42. The zero-order valence-electron chi connectivity index (χ0n) is 18.4. The molecule has 0 atom stereocenters. The van der Waals surface area contributed by atoms with E-state index < -0.39 is 5.60 Å². The molecule has 1 N–H and O–H groups in total. The van der Waals surface area contributed by atoms with Gasteiger partial charge in [0.15, 0.2) is 0 Å². The van der Waals surface area contributed by atoms with Gasteiger partial charge in [0.1, 0.15) is 17.1 Å². The fourth-order valence-electron chi connectivity index (χ4n) is 4.19. The van der Waals surface area contributed by atoms with Crippen LogP contribution in [0, 0.1) is 5.92 Å². The van der Waals surface area contributed by atoms with Crippen molar-refractivity contribution in [3.63, 3.8) is 0 Å². The fourth-order valence-corrected chi connectivity index (χ4v) is 4.19. The zero-order chi connectivity index (χ0) is 22.0. The summed E-state index contributed by atoms with van der Waals surface area (Å²) >= 11 is 0. The first kappa shape index (κ1) is 21.2. The van der Waals surface area contributed by atoms with Crippen LogP contribution in [0.5, 0.6) is 11.5 Å². The van der Waals surface area contributed by atoms with Gasteiger partial charge in [-0.3, -0.25) is 4.79 Å². The number of likely N-dealkylation sites (tertiary alicyclic amines) is 1. The summed E-state index contributed by atoms with van der Waals surface area (Å²) < 4.78 is 11.5. The van der Waals surface area contributed by atoms with E-state index >= 15 is 0 Å². The van der Waals surface area contributed by atoms with E-state index in [1.54, 1.807) is 4.90 Å². The van der Waals surface area contributed by atoms with Crippen molar-refractivity contribution >= 4 is 12.0 Å². The van der Waals surface area contributed by atoms with Crippen LogP contribution in [-0.4, -0.2) is 35.6 Å². The molecule has 1 saturated heterocycles. The standard InChI is InChI=1S/C25H30N2O4/c1-25(2,3)31-24(29)27-14-12-17(13-15-27)16-22(28)26-23-18-8-4-6-10-20(18)30-21-11-7-5-9-19(21)23/h4-11,17,23H,12-16H2,1-3H3,(H,26,28). The first-order valence-electron chi connectivity index (χ1n) is 10.9. The van der Waals surface area contributed by atoms with E-state index in [2.05, 4.69) is 5.32 Å². The Kier molecular flexibility index (Phi) is 5.90. The molecule has 0 aliphatic carbocycles. The molecule has 0 bridgehead atoms. The van der Waals surface area contributed by atoms with E-state index in [-0.39, 0.29) is 24.0 Å². The van der Waals surface area contributed by atoms with Crippen LogP contribution in [0.3, 0.4) is 0 Å². The maximum atomic E-state index is 12.9. The topological polar surface area (TPSA) is 67.9 Å². The summed E-state index contributed by atoms with van der Waals surface area (Å²) in [7, 11) is 0. The third-order valence-corrected chi connectivity index (χ3v) is 5.73. The molecule has 4 rings (SSSR count). The van der Waals surface area contributed by atoms with Crippen molar-refractivity contribution in [1.29, 1.82) is 0 Å². The summed E-state index contributed by atoms with van der Waals surface area (Å²) in [5.41, 5.74) is 1.44. The highest BCUT2D eigenvalue weighted by Gasteiger charge is 2.31. The summed E-state index contributed by atoms with van der Waals surface area (Å²) in [4.78, 5) is 26.9. The molecule has 2 aromatic carbocycles. The lowest BCUT2D eigenvalue weighted by Gasteiger charge is -2.33. The molecule has 2 amide bonds. The van der Waals surface area contributed by atoms with Crippen molar-refractivity contribution in [1.82, 2.24) is 10.2 Å². The average molecular weight is 423 g/mol. The van der Waals surface area contributed by atoms with E-state index in [0.717, 1.165) is 35.5 Å². The number of hydrogen-bond donors (Lipinski definition) is 1. The molecule has 0 aromatic heterocycles. The first-order chi connectivity index (χ1) is 14.8. The molecular weight excluding hydrogens is 392 g/mol. The quantitative estimate of drug-likeness (QED) is 0.753. The van der Waals surface area contributed by atoms with Crippen molar-refractivity contribution in [2.24, 2.45) is 5.92 Å². The number of nitrogens with zero attached hydrogens (tertiary/aromatic N) is 1. The number of benzene rings is 2. The molecule has 6 heteroatoms. The van der Waals surface area contributed by atoms with Crippen LogP contribution in [-0.2, 0) is 9.53 Å². The summed E-state index contributed by atoms with van der Waals surface area (Å²) in [6, 6.07) is 15.4. The number of piperidine rings is 1. The van der Waals surface area contributed by atoms with Crippen molar-refractivity contribution in [2.45, 2.75) is 51.7 Å². The monoisotopic (exact) mass is 422 g/mol. The molecule has 2 aliphatic rings. The Labute approximate surface area is 183 Å². The summed E-state index contributed by atoms with van der Waals surface area (Å²) in [6.45, 7) is 6.85. The van der Waals surface area contributed by atoms with E-state index in [1.165, 1.54) is 0 Å². The van der Waals surface area contributed by atoms with Crippen LogP contribution >= 0.6 is 0 Å². The number of hydrogen-bond acceptors (Lipinski definition) is 4. The van der Waals surface area contributed by atoms with Gasteiger partial charge in [-0.2, -0.15) is 0 Å². The number of carbonyl (C=O) groups is 2. The number of carbonyl (C=O) groups excluding carboxylic acids is 2. The van der Waals surface area contributed by atoms with Crippen LogP contribution in [0.4, 0.5) is 4.79 Å². The Morgan fingerprint density at radius 3 is 2.10 bits per heavy atom. The Morgan fingerprint density at radius 2 is 1.55 bits per heavy atom. The SMILES string of the molecule is CC(C)(C)OC(=O)N1CCC(CC(=O)NC2c3ccccc3Oc3ccccc32)CC1. The van der Waals surface area contributed by atoms with Crippen molar-refractivity contribution in [2.75, 3.05) is 13.1 Å². The van der Waals surface area contributed by atoms with Crippen molar-refractivity contribution < 1.29 is 19.1 Å². The van der Waals surface area contributed by atoms with Crippen molar-refractivity contribution in [3.05, 3.63) is 59.7 Å². The minimum absolute atomic E-state index is 0.0206. The Bertz CT molecular complexity index is 912. The third-order valence-electron chi connectivity index (χ3n) is 5.73. The second kappa shape index (κ2) is 8.61. The van der Waals surface area contributed by atoms with Gasteiger partial charge in [0.05, 0.1) is 6.04 Å². The largest absolute Gasteiger partial charge is 0.457 e. The number of fused-ring (bicyclic) bond motifs is 2. The minimum atomic E-state index is -0.496. The highest BCUT2D eigenvalue weighted by molar-refractivity contribution is 5.78. The lowest BCUT2D eigenvalue weighted by atomic mass is 9.91. The molecule has 1 fully saturated rings. The normalized spacial score (nSPS) is 16.7. The molecule has 0 spiro atoms. The number of para-hydroxylation sites is 2. The van der Waals surface area contributed by atoms with E-state index in [1.807, 2.05) is 69.3 Å². The van der Waals surface area contributed by atoms with E-state index in [0.29, 0.717) is 19.5 Å². The maximum absolute atomic E-state index is 12.9. The highest BCUT2D eigenvalue weighted by atomic mass is 16.6. The van der Waals surface area contributed by atoms with Crippen LogP contribution in [0.15, 0.2) is 48.5 Å². The lowest BCUT2D eigenvalue weighted by molar-refractivity contribution is -0.122. The van der Waals surface area contributed by atoms with E-state index in [4.69, 9.17) is 9.47 Å². The van der Waals surface area contributed by atoms with Gasteiger partial charge >= 0.3 is 6.09 Å². The number of rotatable bonds is 3. The van der Waals surface area contributed by atoms with Crippen LogP contribution in [0.25, 0.3) is 0 Å². The second-order valence-corrected chi connectivity index (χ2v) is 9.29. The predicted octanol–water partition coefficient (Wildman–Crippen LogP) is 5.04. The fraction of sp³-hybridized carbons (Fsp3) is 0.440. The predicted molar refractivity (Wildman–Crippen MR) is 118 cm³/mol. The zero-order valence-corrected chi connectivity index (χ0v) is 18.4. The second-order valence-electron chi connectivity index (χ2n) is 9.29. The maximum Gasteiger partial charge on any atom is 0.410 e. The first-order valence-corrected chi connectivity index (χ1v) is 10.9. The molecule has 0 radical (unpaired) electrons. The van der Waals surface area contributed by atoms with Gasteiger partial charge in [-0.15, -0.1) is 0 Å². The van der Waals surface area contributed by atoms with Crippen molar-refractivity contribution in [3.8, 4) is 11.5 Å². The minimum Gasteiger partial charge on any atom is -0.457 e. The smallest absolute Gasteiger partial charge is 0.410 e. The number of ether oxygens (including phenoxy) is 2. The third kappa shape index (κ3) is 5.01. The Balaban J connectivity index is 1.37. The number of nitrogens with one attached hydrogen (secondary N) is 1. The molecule has 6 nitrogen and oxygen atoms in total. The van der Waals surface area contributed by atoms with Gasteiger partial charge < -0.3 is 19.7 Å². The molecule has 2 heterocycles. The summed E-state index contributed by atoms with van der Waals surface area (Å²) in [6.07, 6.45) is 1.77. The molecule has 2 aliphatic heterocycles. The summed E-state index contributed by atoms with van der Waals surface area (Å²) in [5, 5.41) is 3.22. The van der Waals surface area contributed by atoms with Gasteiger partial charge in [0.25, 0.3) is 0 Å². The van der Waals surface area contributed by atoms with Gasteiger partial charge in [-0.05, 0) is 51.7 Å². The van der Waals surface area contributed by atoms with Gasteiger partial charge in [-0.1, -0.05) is 36.4 Å². The van der Waals surface area contributed by atoms with Gasteiger partial charge in [0.2, 0.25) is 5.91 Å². The molecule has 31 heavy (non-hydrogen) atoms. The van der Waals surface area contributed by atoms with Crippen LogP contribution < -0.4 is 10.1 Å². The number of amides is 2. The van der Waals surface area contributed by atoms with E-state index in [9.17, 15) is 9.59 Å². The van der Waals surface area contributed by atoms with Crippen LogP contribution in [0.1, 0.15) is 57.2 Å². The highest BCUT2D eigenvalue weighted by Crippen LogP contribution is 2.42. The summed E-state index contributed by atoms with van der Waals surface area (Å²) in [5.74, 6) is 1.82. The average Bonchev–Trinajstić information content (AvgIpc) is 2.73. The van der Waals surface area contributed by atoms with Crippen LogP contribution in [0.2, 0.25) is 0 Å².